The number of aryl methyl sites for hydroxylation is 1. The Morgan fingerprint density at radius 2 is 2.16 bits per heavy atom. The van der Waals surface area contributed by atoms with Crippen molar-refractivity contribution < 1.29 is 4.79 Å². The standard InChI is InChI=1S/C14H20BrN3O/c1-10-4-5-12(11(15)8-10)18-7-6-17(3)13(9-16-2)14(18)19/h4-5,8,13,16H,6-7,9H2,1-3H3. The van der Waals surface area contributed by atoms with Gasteiger partial charge in [-0.25, -0.2) is 0 Å². The molecule has 1 amide bonds. The third-order valence-corrected chi connectivity index (χ3v) is 4.19. The van der Waals surface area contributed by atoms with Crippen LogP contribution in [0, 0.1) is 6.92 Å². The second kappa shape index (κ2) is 6.03. The lowest BCUT2D eigenvalue weighted by Crippen LogP contribution is -2.58. The van der Waals surface area contributed by atoms with E-state index in [1.165, 1.54) is 5.56 Å². The number of benzene rings is 1. The Kier molecular flexibility index (Phi) is 4.60. The summed E-state index contributed by atoms with van der Waals surface area (Å²) in [6.45, 7) is 4.34. The van der Waals surface area contributed by atoms with E-state index in [1.807, 2.05) is 44.1 Å². The van der Waals surface area contributed by atoms with Gasteiger partial charge in [0.2, 0.25) is 5.91 Å². The number of rotatable bonds is 3. The molecule has 0 aliphatic carbocycles. The number of likely N-dealkylation sites (N-methyl/N-ethyl adjacent to an activating group) is 2. The molecule has 0 saturated carbocycles. The number of carbonyl (C=O) groups excluding carboxylic acids is 1. The summed E-state index contributed by atoms with van der Waals surface area (Å²) in [5.74, 6) is 0.160. The Morgan fingerprint density at radius 1 is 1.42 bits per heavy atom. The summed E-state index contributed by atoms with van der Waals surface area (Å²) in [7, 11) is 3.88. The van der Waals surface area contributed by atoms with Gasteiger partial charge in [0.1, 0.15) is 6.04 Å². The number of hydrogen-bond donors (Lipinski definition) is 1. The molecule has 2 rings (SSSR count). The molecule has 4 nitrogen and oxygen atoms in total. The lowest BCUT2D eigenvalue weighted by molar-refractivity contribution is -0.125. The van der Waals surface area contributed by atoms with Crippen molar-refractivity contribution in [3.63, 3.8) is 0 Å². The monoisotopic (exact) mass is 325 g/mol. The van der Waals surface area contributed by atoms with Crippen molar-refractivity contribution in [1.82, 2.24) is 10.2 Å². The summed E-state index contributed by atoms with van der Waals surface area (Å²) < 4.78 is 0.980. The van der Waals surface area contributed by atoms with Crippen LogP contribution in [0.4, 0.5) is 5.69 Å². The number of carbonyl (C=O) groups is 1. The van der Waals surface area contributed by atoms with Gasteiger partial charge in [-0.05, 0) is 54.6 Å². The normalized spacial score (nSPS) is 20.9. The predicted octanol–water partition coefficient (Wildman–Crippen LogP) is 1.62. The summed E-state index contributed by atoms with van der Waals surface area (Å²) in [4.78, 5) is 16.6. The Balaban J connectivity index is 2.27. The molecule has 0 spiro atoms. The predicted molar refractivity (Wildman–Crippen MR) is 81.6 cm³/mol. The SMILES string of the molecule is CNCC1C(=O)N(c2ccc(C)cc2Br)CCN1C. The largest absolute Gasteiger partial charge is 0.318 e. The number of anilines is 1. The van der Waals surface area contributed by atoms with Gasteiger partial charge in [0, 0.05) is 24.1 Å². The Labute approximate surface area is 122 Å². The summed E-state index contributed by atoms with van der Waals surface area (Å²) in [5, 5.41) is 3.09. The molecule has 0 bridgehead atoms. The zero-order valence-electron chi connectivity index (χ0n) is 11.6. The molecule has 1 N–H and O–H groups in total. The van der Waals surface area contributed by atoms with E-state index in [1.54, 1.807) is 0 Å². The third-order valence-electron chi connectivity index (χ3n) is 3.55. The van der Waals surface area contributed by atoms with Crippen molar-refractivity contribution in [2.45, 2.75) is 13.0 Å². The van der Waals surface area contributed by atoms with Crippen molar-refractivity contribution in [3.05, 3.63) is 28.2 Å². The Bertz CT molecular complexity index is 478. The second-order valence-electron chi connectivity index (χ2n) is 5.00. The Morgan fingerprint density at radius 3 is 2.79 bits per heavy atom. The molecule has 1 saturated heterocycles. The van der Waals surface area contributed by atoms with Crippen LogP contribution in [0.15, 0.2) is 22.7 Å². The van der Waals surface area contributed by atoms with E-state index in [0.717, 1.165) is 23.2 Å². The van der Waals surface area contributed by atoms with E-state index < -0.39 is 0 Å². The van der Waals surface area contributed by atoms with E-state index in [2.05, 4.69) is 26.1 Å². The van der Waals surface area contributed by atoms with Crippen LogP contribution in [0.5, 0.6) is 0 Å². The maximum atomic E-state index is 12.6. The molecular weight excluding hydrogens is 306 g/mol. The van der Waals surface area contributed by atoms with Crippen molar-refractivity contribution in [1.29, 1.82) is 0 Å². The Hall–Kier alpha value is -0.910. The topological polar surface area (TPSA) is 35.6 Å². The van der Waals surface area contributed by atoms with E-state index >= 15 is 0 Å². The quantitative estimate of drug-likeness (QED) is 0.917. The molecule has 0 radical (unpaired) electrons. The smallest absolute Gasteiger partial charge is 0.245 e. The lowest BCUT2D eigenvalue weighted by Gasteiger charge is -2.39. The van der Waals surface area contributed by atoms with Crippen LogP contribution < -0.4 is 10.2 Å². The van der Waals surface area contributed by atoms with Gasteiger partial charge in [-0.1, -0.05) is 6.07 Å². The van der Waals surface area contributed by atoms with Crippen LogP contribution in [-0.2, 0) is 4.79 Å². The van der Waals surface area contributed by atoms with Crippen molar-refractivity contribution >= 4 is 27.5 Å². The zero-order valence-corrected chi connectivity index (χ0v) is 13.2. The zero-order chi connectivity index (χ0) is 14.0. The fourth-order valence-electron chi connectivity index (χ4n) is 2.40. The average molecular weight is 326 g/mol. The highest BCUT2D eigenvalue weighted by atomic mass is 79.9. The number of amides is 1. The van der Waals surface area contributed by atoms with Gasteiger partial charge < -0.3 is 10.2 Å². The average Bonchev–Trinajstić information content (AvgIpc) is 2.36. The van der Waals surface area contributed by atoms with Gasteiger partial charge in [0.05, 0.1) is 5.69 Å². The maximum absolute atomic E-state index is 12.6. The van der Waals surface area contributed by atoms with Crippen LogP contribution in [0.2, 0.25) is 0 Å². The minimum atomic E-state index is -0.0908. The van der Waals surface area contributed by atoms with Gasteiger partial charge >= 0.3 is 0 Å². The first-order valence-electron chi connectivity index (χ1n) is 6.47. The lowest BCUT2D eigenvalue weighted by atomic mass is 10.1. The molecule has 1 unspecified atom stereocenters. The van der Waals surface area contributed by atoms with E-state index in [4.69, 9.17) is 0 Å². The van der Waals surface area contributed by atoms with Crippen LogP contribution in [0.1, 0.15) is 5.56 Å². The number of piperazine rings is 1. The van der Waals surface area contributed by atoms with Gasteiger partial charge in [0.25, 0.3) is 0 Å². The van der Waals surface area contributed by atoms with E-state index in [0.29, 0.717) is 6.54 Å². The van der Waals surface area contributed by atoms with Gasteiger partial charge in [-0.15, -0.1) is 0 Å². The molecule has 1 aromatic carbocycles. The molecule has 104 valence electrons. The molecule has 19 heavy (non-hydrogen) atoms. The number of halogens is 1. The number of hydrogen-bond acceptors (Lipinski definition) is 3. The first kappa shape index (κ1) is 14.5. The molecule has 1 aliphatic rings. The molecule has 1 aliphatic heterocycles. The van der Waals surface area contributed by atoms with Gasteiger partial charge in [-0.3, -0.25) is 9.69 Å². The summed E-state index contributed by atoms with van der Waals surface area (Å²) in [6.07, 6.45) is 0. The highest BCUT2D eigenvalue weighted by Gasteiger charge is 2.33. The maximum Gasteiger partial charge on any atom is 0.245 e. The first-order chi connectivity index (χ1) is 9.04. The fourth-order valence-corrected chi connectivity index (χ4v) is 3.11. The van der Waals surface area contributed by atoms with Crippen molar-refractivity contribution in [2.24, 2.45) is 0 Å². The number of nitrogens with zero attached hydrogens (tertiary/aromatic N) is 2. The summed E-state index contributed by atoms with van der Waals surface area (Å²) in [6, 6.07) is 6.01. The molecule has 1 fully saturated rings. The molecular formula is C14H20BrN3O. The van der Waals surface area contributed by atoms with Crippen LogP contribution in [0.25, 0.3) is 0 Å². The van der Waals surface area contributed by atoms with Crippen molar-refractivity contribution in [2.75, 3.05) is 38.6 Å². The van der Waals surface area contributed by atoms with E-state index in [9.17, 15) is 4.79 Å². The molecule has 5 heteroatoms. The first-order valence-corrected chi connectivity index (χ1v) is 7.26. The molecule has 0 aromatic heterocycles. The third kappa shape index (κ3) is 2.99. The second-order valence-corrected chi connectivity index (χ2v) is 5.85. The van der Waals surface area contributed by atoms with Crippen LogP contribution in [-0.4, -0.2) is 50.6 Å². The highest BCUT2D eigenvalue weighted by molar-refractivity contribution is 9.10. The van der Waals surface area contributed by atoms with Gasteiger partial charge in [0.15, 0.2) is 0 Å². The molecule has 1 heterocycles. The van der Waals surface area contributed by atoms with Crippen LogP contribution >= 0.6 is 15.9 Å². The van der Waals surface area contributed by atoms with E-state index in [-0.39, 0.29) is 11.9 Å². The summed E-state index contributed by atoms with van der Waals surface area (Å²) >= 11 is 3.56. The summed E-state index contributed by atoms with van der Waals surface area (Å²) in [5.41, 5.74) is 2.15. The van der Waals surface area contributed by atoms with Crippen molar-refractivity contribution in [3.8, 4) is 0 Å². The fraction of sp³-hybridized carbons (Fsp3) is 0.500. The highest BCUT2D eigenvalue weighted by Crippen LogP contribution is 2.29. The number of nitrogens with one attached hydrogen (secondary N) is 1. The van der Waals surface area contributed by atoms with Gasteiger partial charge in [-0.2, -0.15) is 0 Å². The minimum absolute atomic E-state index is 0.0908. The van der Waals surface area contributed by atoms with Crippen LogP contribution in [0.3, 0.4) is 0 Å². The minimum Gasteiger partial charge on any atom is -0.318 e. The molecule has 1 atom stereocenters. The molecule has 1 aromatic rings.